The summed E-state index contributed by atoms with van der Waals surface area (Å²) < 4.78 is 37.5. The largest absolute Gasteiger partial charge is 0.416 e. The molecule has 23 heavy (non-hydrogen) atoms. The third-order valence-corrected chi connectivity index (χ3v) is 3.81. The molecule has 0 aliphatic carbocycles. The summed E-state index contributed by atoms with van der Waals surface area (Å²) in [6.45, 7) is 3.35. The van der Waals surface area contributed by atoms with Gasteiger partial charge in [-0.2, -0.15) is 18.4 Å². The fourth-order valence-electron chi connectivity index (χ4n) is 2.59. The predicted octanol–water partition coefficient (Wildman–Crippen LogP) is 3.11. The van der Waals surface area contributed by atoms with Crippen molar-refractivity contribution in [3.8, 4) is 6.19 Å². The quantitative estimate of drug-likeness (QED) is 0.868. The summed E-state index contributed by atoms with van der Waals surface area (Å²) in [4.78, 5) is 15.5. The highest BCUT2D eigenvalue weighted by Gasteiger charge is 2.31. The summed E-state index contributed by atoms with van der Waals surface area (Å²) >= 11 is 0. The van der Waals surface area contributed by atoms with Gasteiger partial charge in [0.1, 0.15) is 0 Å². The lowest BCUT2D eigenvalue weighted by atomic mass is 10.2. The monoisotopic (exact) mass is 326 g/mol. The topological polar surface area (TPSA) is 59.4 Å². The van der Waals surface area contributed by atoms with Crippen molar-refractivity contribution < 1.29 is 18.0 Å². The molecule has 0 radical (unpaired) electrons. The molecule has 2 amide bonds. The smallest absolute Gasteiger partial charge is 0.320 e. The Morgan fingerprint density at radius 2 is 2.09 bits per heavy atom. The number of carbonyl (C=O) groups is 1. The summed E-state index contributed by atoms with van der Waals surface area (Å²) in [6.07, 6.45) is -1.65. The average Bonchev–Trinajstić information content (AvgIpc) is 2.96. The van der Waals surface area contributed by atoms with E-state index >= 15 is 0 Å². The van der Waals surface area contributed by atoms with E-state index in [9.17, 15) is 18.0 Å². The Morgan fingerprint density at radius 1 is 1.43 bits per heavy atom. The van der Waals surface area contributed by atoms with E-state index in [4.69, 9.17) is 5.26 Å². The van der Waals surface area contributed by atoms with Crippen molar-refractivity contribution in [1.29, 1.82) is 5.26 Å². The number of hydrogen-bond donors (Lipinski definition) is 1. The SMILES string of the molecule is CCN(C(=O)Nc1ccc(C(F)(F)F)cc1)[C@@H]1CCN(C#N)C1. The van der Waals surface area contributed by atoms with Gasteiger partial charge in [-0.1, -0.05) is 0 Å². The molecule has 0 aromatic heterocycles. The summed E-state index contributed by atoms with van der Waals surface area (Å²) in [7, 11) is 0. The van der Waals surface area contributed by atoms with Crippen molar-refractivity contribution in [2.24, 2.45) is 0 Å². The van der Waals surface area contributed by atoms with E-state index in [0.29, 0.717) is 31.7 Å². The molecule has 0 spiro atoms. The number of nitriles is 1. The molecule has 0 saturated carbocycles. The first-order valence-corrected chi connectivity index (χ1v) is 7.24. The van der Waals surface area contributed by atoms with Crippen LogP contribution in [0.25, 0.3) is 0 Å². The van der Waals surface area contributed by atoms with Gasteiger partial charge in [0.15, 0.2) is 6.19 Å². The van der Waals surface area contributed by atoms with Gasteiger partial charge in [0, 0.05) is 25.3 Å². The van der Waals surface area contributed by atoms with Crippen LogP contribution in [-0.2, 0) is 6.18 Å². The number of anilines is 1. The van der Waals surface area contributed by atoms with Crippen LogP contribution in [0, 0.1) is 11.5 Å². The van der Waals surface area contributed by atoms with E-state index in [-0.39, 0.29) is 12.1 Å². The second-order valence-corrected chi connectivity index (χ2v) is 5.28. The van der Waals surface area contributed by atoms with Crippen LogP contribution < -0.4 is 5.32 Å². The number of halogens is 3. The van der Waals surface area contributed by atoms with Gasteiger partial charge < -0.3 is 15.1 Å². The molecule has 5 nitrogen and oxygen atoms in total. The van der Waals surface area contributed by atoms with Gasteiger partial charge in [0.2, 0.25) is 0 Å². The van der Waals surface area contributed by atoms with Crippen molar-refractivity contribution in [3.05, 3.63) is 29.8 Å². The van der Waals surface area contributed by atoms with Crippen LogP contribution in [0.3, 0.4) is 0 Å². The zero-order chi connectivity index (χ0) is 17.0. The van der Waals surface area contributed by atoms with Crippen molar-refractivity contribution in [1.82, 2.24) is 9.80 Å². The standard InChI is InChI=1S/C15H17F3N4O/c1-2-22(13-7-8-21(9-13)10-19)14(23)20-12-5-3-11(4-6-12)15(16,17)18/h3-6,13H,2,7-9H2,1H3,(H,20,23)/t13-/m1/s1. The van der Waals surface area contributed by atoms with Gasteiger partial charge in [0.05, 0.1) is 11.6 Å². The Morgan fingerprint density at radius 3 is 2.57 bits per heavy atom. The number of rotatable bonds is 3. The van der Waals surface area contributed by atoms with E-state index in [1.807, 2.05) is 6.92 Å². The molecular weight excluding hydrogens is 309 g/mol. The third kappa shape index (κ3) is 4.06. The fraction of sp³-hybridized carbons (Fsp3) is 0.467. The van der Waals surface area contributed by atoms with Crippen LogP contribution >= 0.6 is 0 Å². The Balaban J connectivity index is 2.01. The number of alkyl halides is 3. The summed E-state index contributed by atoms with van der Waals surface area (Å²) in [6, 6.07) is 3.86. The molecule has 124 valence electrons. The van der Waals surface area contributed by atoms with Crippen molar-refractivity contribution in [2.75, 3.05) is 25.0 Å². The van der Waals surface area contributed by atoms with Gasteiger partial charge in [-0.3, -0.25) is 0 Å². The number of nitrogens with zero attached hydrogens (tertiary/aromatic N) is 3. The summed E-state index contributed by atoms with van der Waals surface area (Å²) in [5.41, 5.74) is -0.458. The first kappa shape index (κ1) is 16.9. The molecule has 1 fully saturated rings. The maximum Gasteiger partial charge on any atom is 0.416 e. The van der Waals surface area contributed by atoms with Crippen LogP contribution in [0.5, 0.6) is 0 Å². The molecule has 1 N–H and O–H groups in total. The molecule has 2 rings (SSSR count). The number of likely N-dealkylation sites (tertiary alicyclic amines) is 1. The number of benzene rings is 1. The van der Waals surface area contributed by atoms with E-state index in [1.54, 1.807) is 9.80 Å². The molecule has 1 atom stereocenters. The average molecular weight is 326 g/mol. The lowest BCUT2D eigenvalue weighted by Crippen LogP contribution is -2.43. The Kier molecular flexibility index (Phi) is 4.98. The maximum absolute atomic E-state index is 12.5. The molecule has 0 unspecified atom stereocenters. The highest BCUT2D eigenvalue weighted by atomic mass is 19.4. The molecule has 1 heterocycles. The molecule has 1 aliphatic rings. The second-order valence-electron chi connectivity index (χ2n) is 5.28. The minimum atomic E-state index is -4.40. The van der Waals surface area contributed by atoms with Crippen LogP contribution in [-0.4, -0.2) is 41.5 Å². The van der Waals surface area contributed by atoms with Gasteiger partial charge in [-0.15, -0.1) is 0 Å². The first-order valence-electron chi connectivity index (χ1n) is 7.24. The van der Waals surface area contributed by atoms with E-state index in [2.05, 4.69) is 11.5 Å². The van der Waals surface area contributed by atoms with Crippen molar-refractivity contribution in [3.63, 3.8) is 0 Å². The number of carbonyl (C=O) groups excluding carboxylic acids is 1. The molecule has 8 heteroatoms. The number of hydrogen-bond acceptors (Lipinski definition) is 3. The number of amides is 2. The lowest BCUT2D eigenvalue weighted by molar-refractivity contribution is -0.137. The van der Waals surface area contributed by atoms with E-state index in [0.717, 1.165) is 12.1 Å². The molecule has 1 aromatic rings. The van der Waals surface area contributed by atoms with Gasteiger partial charge in [-0.05, 0) is 37.6 Å². The Bertz CT molecular complexity index is 594. The van der Waals surface area contributed by atoms with E-state index < -0.39 is 11.7 Å². The lowest BCUT2D eigenvalue weighted by Gasteiger charge is -2.27. The molecule has 1 aliphatic heterocycles. The zero-order valence-corrected chi connectivity index (χ0v) is 12.6. The second kappa shape index (κ2) is 6.77. The van der Waals surface area contributed by atoms with Crippen LogP contribution in [0.1, 0.15) is 18.9 Å². The maximum atomic E-state index is 12.5. The summed E-state index contributed by atoms with van der Waals surface area (Å²) in [5, 5.41) is 11.5. The summed E-state index contributed by atoms with van der Waals surface area (Å²) in [5.74, 6) is 0. The van der Waals surface area contributed by atoms with Crippen molar-refractivity contribution in [2.45, 2.75) is 25.6 Å². The van der Waals surface area contributed by atoms with E-state index in [1.165, 1.54) is 12.1 Å². The fourth-order valence-corrected chi connectivity index (χ4v) is 2.59. The van der Waals surface area contributed by atoms with Crippen LogP contribution in [0.2, 0.25) is 0 Å². The van der Waals surface area contributed by atoms with Crippen LogP contribution in [0.4, 0.5) is 23.7 Å². The van der Waals surface area contributed by atoms with Crippen molar-refractivity contribution >= 4 is 11.7 Å². The van der Waals surface area contributed by atoms with Crippen LogP contribution in [0.15, 0.2) is 24.3 Å². The highest BCUT2D eigenvalue weighted by Crippen LogP contribution is 2.29. The number of likely N-dealkylation sites (N-methyl/N-ethyl adjacent to an activating group) is 1. The number of urea groups is 1. The molecule has 1 aromatic carbocycles. The molecular formula is C15H17F3N4O. The van der Waals surface area contributed by atoms with Gasteiger partial charge in [-0.25, -0.2) is 4.79 Å². The Labute approximate surface area is 132 Å². The Hall–Kier alpha value is -2.43. The minimum Gasteiger partial charge on any atom is -0.320 e. The minimum absolute atomic E-state index is 0.0749. The normalized spacial score (nSPS) is 17.7. The van der Waals surface area contributed by atoms with Gasteiger partial charge in [0.25, 0.3) is 0 Å². The zero-order valence-electron chi connectivity index (χ0n) is 12.6. The first-order chi connectivity index (χ1) is 10.8. The molecule has 0 bridgehead atoms. The molecule has 1 saturated heterocycles. The highest BCUT2D eigenvalue weighted by molar-refractivity contribution is 5.89. The number of nitrogens with one attached hydrogen (secondary N) is 1. The predicted molar refractivity (Wildman–Crippen MR) is 78.4 cm³/mol. The third-order valence-electron chi connectivity index (χ3n) is 3.81. The van der Waals surface area contributed by atoms with Gasteiger partial charge >= 0.3 is 12.2 Å².